The van der Waals surface area contributed by atoms with E-state index in [9.17, 15) is 9.00 Å². The van der Waals surface area contributed by atoms with Crippen LogP contribution in [0.2, 0.25) is 0 Å². The smallest absolute Gasteiger partial charge is 0.354 e. The van der Waals surface area contributed by atoms with Gasteiger partial charge in [-0.25, -0.2) is 23.8 Å². The van der Waals surface area contributed by atoms with E-state index >= 15 is 0 Å². The van der Waals surface area contributed by atoms with Gasteiger partial charge in [-0.3, -0.25) is 0 Å². The standard InChI is InChI=1S/C22H24N6O4S/c1-13-12-28-21(32-13)18(11-25-28)33(23,30)27-22(29)26-20-16-5-3-4-14(16)6-7-17(20)15-8-9-24-19(10-15)31-2/h6-11,13H,3-5,12H2,1-2H3,(H3,23,26,27,29,30)/t13-,33?/m1/s1. The Morgan fingerprint density at radius 2 is 2.21 bits per heavy atom. The summed E-state index contributed by atoms with van der Waals surface area (Å²) in [6, 6.07) is 6.86. The van der Waals surface area contributed by atoms with E-state index in [1.165, 1.54) is 11.8 Å². The topological polar surface area (TPSA) is 134 Å². The molecule has 2 atom stereocenters. The van der Waals surface area contributed by atoms with Crippen molar-refractivity contribution in [3.63, 3.8) is 0 Å². The first-order valence-corrected chi connectivity index (χ1v) is 12.2. The van der Waals surface area contributed by atoms with Gasteiger partial charge in [0.25, 0.3) is 0 Å². The lowest BCUT2D eigenvalue weighted by atomic mass is 9.98. The number of nitrogens with one attached hydrogen (secondary N) is 1. The Morgan fingerprint density at radius 1 is 1.36 bits per heavy atom. The van der Waals surface area contributed by atoms with Crippen LogP contribution in [0, 0.1) is 0 Å². The first kappa shape index (κ1) is 21.4. The van der Waals surface area contributed by atoms with Crippen molar-refractivity contribution in [3.8, 4) is 22.9 Å². The lowest BCUT2D eigenvalue weighted by Crippen LogP contribution is -2.19. The number of aryl methyl sites for hydroxylation is 1. The fourth-order valence-electron chi connectivity index (χ4n) is 4.32. The Kier molecular flexibility index (Phi) is 5.29. The normalized spacial score (nSPS) is 18.1. The highest BCUT2D eigenvalue weighted by molar-refractivity contribution is 7.91. The van der Waals surface area contributed by atoms with Crippen molar-refractivity contribution in [2.45, 2.75) is 43.7 Å². The molecular weight excluding hydrogens is 444 g/mol. The number of anilines is 1. The first-order chi connectivity index (χ1) is 15.9. The van der Waals surface area contributed by atoms with Crippen LogP contribution in [-0.4, -0.2) is 38.2 Å². The molecule has 11 heteroatoms. The van der Waals surface area contributed by atoms with Gasteiger partial charge in [0, 0.05) is 17.8 Å². The maximum absolute atomic E-state index is 13.2. The number of carbonyl (C=O) groups is 1. The number of hydrogen-bond acceptors (Lipinski definition) is 6. The Morgan fingerprint density at radius 3 is 3.03 bits per heavy atom. The predicted molar refractivity (Wildman–Crippen MR) is 123 cm³/mol. The SMILES string of the molecule is COc1cc(-c2ccc3c(c2NC(=O)N=S(N)(=O)c2cnn4c2O[C@H](C)C4)CCC3)ccn1. The fraction of sp³-hybridized carbons (Fsp3) is 0.318. The molecule has 5 rings (SSSR count). The van der Waals surface area contributed by atoms with Gasteiger partial charge < -0.3 is 14.8 Å². The number of carbonyl (C=O) groups excluding carboxylic acids is 1. The first-order valence-electron chi connectivity index (χ1n) is 10.6. The highest BCUT2D eigenvalue weighted by Gasteiger charge is 2.29. The van der Waals surface area contributed by atoms with Crippen LogP contribution in [-0.2, 0) is 29.3 Å². The molecule has 0 saturated heterocycles. The molecule has 0 spiro atoms. The molecule has 1 aromatic carbocycles. The van der Waals surface area contributed by atoms with E-state index < -0.39 is 15.9 Å². The zero-order valence-corrected chi connectivity index (χ0v) is 19.1. The Labute approximate surface area is 191 Å². The molecule has 3 aromatic rings. The molecule has 2 amide bonds. The molecule has 172 valence electrons. The van der Waals surface area contributed by atoms with Crippen LogP contribution < -0.4 is 19.9 Å². The van der Waals surface area contributed by atoms with Gasteiger partial charge in [0.15, 0.2) is 9.92 Å². The third-order valence-electron chi connectivity index (χ3n) is 5.81. The van der Waals surface area contributed by atoms with Gasteiger partial charge in [0.05, 0.1) is 25.5 Å². The second-order valence-corrected chi connectivity index (χ2v) is 9.84. The Bertz CT molecular complexity index is 1380. The van der Waals surface area contributed by atoms with Gasteiger partial charge in [-0.1, -0.05) is 12.1 Å². The minimum Gasteiger partial charge on any atom is -0.481 e. The average molecular weight is 469 g/mol. The summed E-state index contributed by atoms with van der Waals surface area (Å²) < 4.78 is 29.5. The van der Waals surface area contributed by atoms with Crippen molar-refractivity contribution in [2.24, 2.45) is 9.50 Å². The van der Waals surface area contributed by atoms with Gasteiger partial charge >= 0.3 is 6.03 Å². The van der Waals surface area contributed by atoms with Crippen LogP contribution in [0.1, 0.15) is 24.5 Å². The molecule has 1 aliphatic carbocycles. The average Bonchev–Trinajstić information content (AvgIpc) is 3.49. The Hall–Kier alpha value is -3.44. The molecule has 0 fully saturated rings. The van der Waals surface area contributed by atoms with Gasteiger partial charge in [-0.15, -0.1) is 4.36 Å². The number of hydrogen-bond donors (Lipinski definition) is 2. The van der Waals surface area contributed by atoms with Gasteiger partial charge in [0.2, 0.25) is 11.8 Å². The predicted octanol–water partition coefficient (Wildman–Crippen LogP) is 3.16. The number of pyridine rings is 1. The van der Waals surface area contributed by atoms with Crippen molar-refractivity contribution < 1.29 is 18.5 Å². The summed E-state index contributed by atoms with van der Waals surface area (Å²) in [5, 5.41) is 13.0. The molecule has 2 aromatic heterocycles. The minimum absolute atomic E-state index is 0.111. The lowest BCUT2D eigenvalue weighted by molar-refractivity contribution is 0.248. The van der Waals surface area contributed by atoms with E-state index in [0.29, 0.717) is 18.1 Å². The fourth-order valence-corrected chi connectivity index (χ4v) is 5.31. The van der Waals surface area contributed by atoms with Gasteiger partial charge in [-0.2, -0.15) is 5.10 Å². The van der Waals surface area contributed by atoms with E-state index in [0.717, 1.165) is 36.0 Å². The maximum atomic E-state index is 13.2. The number of fused-ring (bicyclic) bond motifs is 2. The van der Waals surface area contributed by atoms with Crippen molar-refractivity contribution in [1.82, 2.24) is 14.8 Å². The third-order valence-corrected chi connectivity index (χ3v) is 7.15. The van der Waals surface area contributed by atoms with Crippen molar-refractivity contribution in [2.75, 3.05) is 12.4 Å². The highest BCUT2D eigenvalue weighted by atomic mass is 32.2. The van der Waals surface area contributed by atoms with Crippen LogP contribution >= 0.6 is 0 Å². The summed E-state index contributed by atoms with van der Waals surface area (Å²) in [6.45, 7) is 2.39. The number of aromatic nitrogens is 3. The second kappa shape index (κ2) is 8.16. The molecule has 0 saturated carbocycles. The molecule has 33 heavy (non-hydrogen) atoms. The Balaban J connectivity index is 1.52. The number of amides is 2. The molecule has 3 heterocycles. The van der Waals surface area contributed by atoms with Crippen LogP contribution in [0.3, 0.4) is 0 Å². The second-order valence-electron chi connectivity index (χ2n) is 8.08. The molecule has 1 unspecified atom stereocenters. The summed E-state index contributed by atoms with van der Waals surface area (Å²) >= 11 is 0. The van der Waals surface area contributed by atoms with Crippen molar-refractivity contribution >= 4 is 21.6 Å². The molecule has 1 aliphatic heterocycles. The largest absolute Gasteiger partial charge is 0.481 e. The number of nitrogens with two attached hydrogens (primary N) is 1. The zero-order valence-electron chi connectivity index (χ0n) is 18.3. The molecule has 10 nitrogen and oxygen atoms in total. The van der Waals surface area contributed by atoms with Gasteiger partial charge in [0.1, 0.15) is 11.0 Å². The quantitative estimate of drug-likeness (QED) is 0.604. The molecule has 3 N–H and O–H groups in total. The van der Waals surface area contributed by atoms with Gasteiger partial charge in [-0.05, 0) is 48.9 Å². The maximum Gasteiger partial charge on any atom is 0.354 e. The molecule has 2 aliphatic rings. The minimum atomic E-state index is -3.56. The summed E-state index contributed by atoms with van der Waals surface area (Å²) in [4.78, 5) is 17.2. The van der Waals surface area contributed by atoms with E-state index in [1.807, 2.05) is 19.1 Å². The van der Waals surface area contributed by atoms with Crippen LogP contribution in [0.5, 0.6) is 11.8 Å². The summed E-state index contributed by atoms with van der Waals surface area (Å²) in [5.41, 5.74) is 4.47. The summed E-state index contributed by atoms with van der Waals surface area (Å²) in [6.07, 6.45) is 5.61. The van der Waals surface area contributed by atoms with E-state index in [2.05, 4.69) is 25.8 Å². The van der Waals surface area contributed by atoms with Crippen molar-refractivity contribution in [1.29, 1.82) is 0 Å². The van der Waals surface area contributed by atoms with Crippen LogP contribution in [0.25, 0.3) is 11.1 Å². The highest BCUT2D eigenvalue weighted by Crippen LogP contribution is 2.38. The zero-order chi connectivity index (χ0) is 23.2. The number of urea groups is 1. The molecule has 0 bridgehead atoms. The molecule has 0 radical (unpaired) electrons. The van der Waals surface area contributed by atoms with E-state index in [1.54, 1.807) is 24.1 Å². The van der Waals surface area contributed by atoms with Crippen LogP contribution in [0.4, 0.5) is 10.5 Å². The van der Waals surface area contributed by atoms with E-state index in [4.69, 9.17) is 14.6 Å². The molecular formula is C22H24N6O4S. The number of methoxy groups -OCH3 is 1. The van der Waals surface area contributed by atoms with E-state index in [-0.39, 0.29) is 16.9 Å². The monoisotopic (exact) mass is 468 g/mol. The van der Waals surface area contributed by atoms with Crippen LogP contribution in [0.15, 0.2) is 45.9 Å². The number of nitrogens with zero attached hydrogens (tertiary/aromatic N) is 4. The number of ether oxygens (including phenoxy) is 2. The third kappa shape index (κ3) is 3.93. The summed E-state index contributed by atoms with van der Waals surface area (Å²) in [5.74, 6) is 0.751. The number of rotatable bonds is 4. The summed E-state index contributed by atoms with van der Waals surface area (Å²) in [7, 11) is -2.01. The van der Waals surface area contributed by atoms with Crippen molar-refractivity contribution in [3.05, 3.63) is 47.8 Å². The lowest BCUT2D eigenvalue weighted by Gasteiger charge is -2.16. The number of benzene rings is 1.